The van der Waals surface area contributed by atoms with Gasteiger partial charge in [0, 0.05) is 0 Å². The van der Waals surface area contributed by atoms with Gasteiger partial charge in [-0.3, -0.25) is 4.79 Å². The molecular weight excluding hydrogens is 187 g/mol. The normalized spacial score (nSPS) is 12.4. The van der Waals surface area contributed by atoms with E-state index >= 15 is 0 Å². The summed E-state index contributed by atoms with van der Waals surface area (Å²) in [7, 11) is 1.54. The summed E-state index contributed by atoms with van der Waals surface area (Å²) in [5.41, 5.74) is 5.47. The monoisotopic (exact) mass is 198 g/mol. The second kappa shape index (κ2) is 4.06. The third kappa shape index (κ3) is 2.00. The van der Waals surface area contributed by atoms with Gasteiger partial charge >= 0.3 is 0 Å². The summed E-state index contributed by atoms with van der Waals surface area (Å²) < 4.78 is 12.9. The molecule has 0 radical (unpaired) electrons. The fourth-order valence-electron chi connectivity index (χ4n) is 1.18. The number of primary amides is 1. The molecule has 14 heavy (non-hydrogen) atoms. The lowest BCUT2D eigenvalue weighted by atomic mass is 10.1. The molecule has 0 heterocycles. The number of benzene rings is 1. The van der Waals surface area contributed by atoms with Crippen LogP contribution in [-0.4, -0.2) is 18.1 Å². The zero-order valence-corrected chi connectivity index (χ0v) is 7.62. The van der Waals surface area contributed by atoms with Crippen LogP contribution < -0.4 is 11.1 Å². The van der Waals surface area contributed by atoms with Crippen LogP contribution in [0.15, 0.2) is 18.2 Å². The summed E-state index contributed by atoms with van der Waals surface area (Å²) in [4.78, 5) is 10.9. The molecule has 5 heteroatoms. The van der Waals surface area contributed by atoms with E-state index in [1.165, 1.54) is 12.1 Å². The van der Waals surface area contributed by atoms with Crippen LogP contribution in [0.4, 0.5) is 4.39 Å². The maximum atomic E-state index is 12.9. The van der Waals surface area contributed by atoms with Crippen molar-refractivity contribution < 1.29 is 14.3 Å². The van der Waals surface area contributed by atoms with Crippen LogP contribution >= 0.6 is 0 Å². The van der Waals surface area contributed by atoms with Crippen molar-refractivity contribution in [2.24, 2.45) is 5.73 Å². The Kier molecular flexibility index (Phi) is 3.03. The molecule has 4 N–H and O–H groups in total. The van der Waals surface area contributed by atoms with Gasteiger partial charge in [-0.1, -0.05) is 6.07 Å². The molecule has 0 saturated heterocycles. The molecule has 4 nitrogen and oxygen atoms in total. The predicted molar refractivity (Wildman–Crippen MR) is 49.1 cm³/mol. The Balaban J connectivity index is 3.06. The number of hydrogen-bond donors (Lipinski definition) is 3. The SMILES string of the molecule is CNC(C(N)=O)c1ccc(O)c(F)c1. The zero-order chi connectivity index (χ0) is 10.7. The van der Waals surface area contributed by atoms with E-state index in [2.05, 4.69) is 5.32 Å². The Labute approximate surface area is 80.5 Å². The lowest BCUT2D eigenvalue weighted by Crippen LogP contribution is -2.31. The summed E-state index contributed by atoms with van der Waals surface area (Å²) in [5.74, 6) is -1.82. The summed E-state index contributed by atoms with van der Waals surface area (Å²) in [6.07, 6.45) is 0. The lowest BCUT2D eigenvalue weighted by molar-refractivity contribution is -0.120. The Morgan fingerprint density at radius 2 is 2.29 bits per heavy atom. The van der Waals surface area contributed by atoms with Gasteiger partial charge in [0.1, 0.15) is 6.04 Å². The van der Waals surface area contributed by atoms with E-state index in [0.29, 0.717) is 5.56 Å². The van der Waals surface area contributed by atoms with Crippen molar-refractivity contribution >= 4 is 5.91 Å². The van der Waals surface area contributed by atoms with Gasteiger partial charge in [0.15, 0.2) is 11.6 Å². The van der Waals surface area contributed by atoms with Crippen molar-refractivity contribution in [1.29, 1.82) is 0 Å². The second-order valence-corrected chi connectivity index (χ2v) is 2.83. The molecule has 1 atom stereocenters. The molecule has 1 amide bonds. The standard InChI is InChI=1S/C9H11FN2O2/c1-12-8(9(11)14)5-2-3-7(13)6(10)4-5/h2-4,8,12-13H,1H3,(H2,11,14). The highest BCUT2D eigenvalue weighted by atomic mass is 19.1. The number of phenolic OH excluding ortho intramolecular Hbond substituents is 1. The molecular formula is C9H11FN2O2. The third-order valence-electron chi connectivity index (χ3n) is 1.88. The summed E-state index contributed by atoms with van der Waals surface area (Å²) >= 11 is 0. The molecule has 0 aliphatic heterocycles. The first-order chi connectivity index (χ1) is 6.56. The first-order valence-electron chi connectivity index (χ1n) is 4.01. The van der Waals surface area contributed by atoms with Crippen molar-refractivity contribution in [1.82, 2.24) is 5.32 Å². The minimum absolute atomic E-state index is 0.385. The quantitative estimate of drug-likeness (QED) is 0.652. The van der Waals surface area contributed by atoms with E-state index in [0.717, 1.165) is 6.07 Å². The highest BCUT2D eigenvalue weighted by Gasteiger charge is 2.16. The maximum absolute atomic E-state index is 12.9. The average molecular weight is 198 g/mol. The van der Waals surface area contributed by atoms with Gasteiger partial charge in [-0.25, -0.2) is 4.39 Å². The van der Waals surface area contributed by atoms with Gasteiger partial charge in [0.25, 0.3) is 0 Å². The van der Waals surface area contributed by atoms with Gasteiger partial charge in [0.05, 0.1) is 0 Å². The second-order valence-electron chi connectivity index (χ2n) is 2.83. The number of hydrogen-bond acceptors (Lipinski definition) is 3. The van der Waals surface area contributed by atoms with E-state index in [1.54, 1.807) is 7.05 Å². The number of carbonyl (C=O) groups is 1. The topological polar surface area (TPSA) is 75.3 Å². The van der Waals surface area contributed by atoms with Crippen molar-refractivity contribution in [2.45, 2.75) is 6.04 Å². The highest BCUT2D eigenvalue weighted by molar-refractivity contribution is 5.81. The van der Waals surface area contributed by atoms with Crippen molar-refractivity contribution in [3.8, 4) is 5.75 Å². The predicted octanol–water partition coefficient (Wildman–Crippen LogP) is 0.277. The Bertz CT molecular complexity index is 355. The van der Waals surface area contributed by atoms with Crippen molar-refractivity contribution in [2.75, 3.05) is 7.05 Å². The number of rotatable bonds is 3. The summed E-state index contributed by atoms with van der Waals surface area (Å²) in [6.45, 7) is 0. The Morgan fingerprint density at radius 3 is 2.71 bits per heavy atom. The maximum Gasteiger partial charge on any atom is 0.239 e. The van der Waals surface area contributed by atoms with Gasteiger partial charge in [-0.05, 0) is 24.7 Å². The van der Waals surface area contributed by atoms with E-state index in [4.69, 9.17) is 10.8 Å². The molecule has 1 aromatic carbocycles. The lowest BCUT2D eigenvalue weighted by Gasteiger charge is -2.12. The number of nitrogens with two attached hydrogens (primary N) is 1. The number of phenols is 1. The first-order valence-corrected chi connectivity index (χ1v) is 4.01. The van der Waals surface area contributed by atoms with Crippen LogP contribution in [-0.2, 0) is 4.79 Å². The highest BCUT2D eigenvalue weighted by Crippen LogP contribution is 2.20. The molecule has 0 saturated carbocycles. The van der Waals surface area contributed by atoms with Crippen LogP contribution in [0.5, 0.6) is 5.75 Å². The number of amides is 1. The first kappa shape index (κ1) is 10.5. The molecule has 0 aromatic heterocycles. The third-order valence-corrected chi connectivity index (χ3v) is 1.88. The fourth-order valence-corrected chi connectivity index (χ4v) is 1.18. The Morgan fingerprint density at radius 1 is 1.64 bits per heavy atom. The van der Waals surface area contributed by atoms with Crippen LogP contribution in [0.1, 0.15) is 11.6 Å². The number of halogens is 1. The van der Waals surface area contributed by atoms with Gasteiger partial charge in [-0.15, -0.1) is 0 Å². The number of carbonyl (C=O) groups excluding carboxylic acids is 1. The van der Waals surface area contributed by atoms with E-state index < -0.39 is 23.5 Å². The fraction of sp³-hybridized carbons (Fsp3) is 0.222. The largest absolute Gasteiger partial charge is 0.505 e. The molecule has 0 aliphatic rings. The minimum atomic E-state index is -0.774. The molecule has 0 bridgehead atoms. The molecule has 1 rings (SSSR count). The molecule has 76 valence electrons. The molecule has 0 fully saturated rings. The van der Waals surface area contributed by atoms with Gasteiger partial charge in [-0.2, -0.15) is 0 Å². The molecule has 0 aliphatic carbocycles. The molecule has 1 unspecified atom stereocenters. The number of likely N-dealkylation sites (N-methyl/N-ethyl adjacent to an activating group) is 1. The van der Waals surface area contributed by atoms with Crippen LogP contribution in [0.3, 0.4) is 0 Å². The smallest absolute Gasteiger partial charge is 0.239 e. The molecule has 1 aromatic rings. The number of nitrogens with one attached hydrogen (secondary N) is 1. The Hall–Kier alpha value is -1.62. The summed E-state index contributed by atoms with van der Waals surface area (Å²) in [6, 6.07) is 2.94. The van der Waals surface area contributed by atoms with Crippen LogP contribution in [0, 0.1) is 5.82 Å². The van der Waals surface area contributed by atoms with Gasteiger partial charge in [0.2, 0.25) is 5.91 Å². The van der Waals surface area contributed by atoms with Crippen LogP contribution in [0.2, 0.25) is 0 Å². The van der Waals surface area contributed by atoms with Gasteiger partial charge < -0.3 is 16.2 Å². The van der Waals surface area contributed by atoms with Crippen molar-refractivity contribution in [3.05, 3.63) is 29.6 Å². The van der Waals surface area contributed by atoms with E-state index in [9.17, 15) is 9.18 Å². The minimum Gasteiger partial charge on any atom is -0.505 e. The molecule has 0 spiro atoms. The number of aromatic hydroxyl groups is 1. The van der Waals surface area contributed by atoms with E-state index in [1.807, 2.05) is 0 Å². The van der Waals surface area contributed by atoms with Crippen LogP contribution in [0.25, 0.3) is 0 Å². The zero-order valence-electron chi connectivity index (χ0n) is 7.62. The average Bonchev–Trinajstić information content (AvgIpc) is 2.11. The van der Waals surface area contributed by atoms with E-state index in [-0.39, 0.29) is 0 Å². The van der Waals surface area contributed by atoms with Crippen molar-refractivity contribution in [3.63, 3.8) is 0 Å². The summed E-state index contributed by atoms with van der Waals surface area (Å²) in [5, 5.41) is 11.6.